The molecule has 0 fully saturated rings. The number of aliphatic hydroxyl groups is 2. The molecule has 1 unspecified atom stereocenters. The predicted molar refractivity (Wildman–Crippen MR) is 39.6 cm³/mol. The predicted octanol–water partition coefficient (Wildman–Crippen LogP) is 1.37. The first kappa shape index (κ1) is 9.27. The summed E-state index contributed by atoms with van der Waals surface area (Å²) in [5.41, 5.74) is 0.122. The Balaban J connectivity index is 3.32. The lowest BCUT2D eigenvalue weighted by Gasteiger charge is -2.11. The second kappa shape index (κ2) is 5.09. The van der Waals surface area contributed by atoms with Crippen LogP contribution in [-0.2, 0) is 0 Å². The third-order valence-corrected chi connectivity index (χ3v) is 1.75. The van der Waals surface area contributed by atoms with Crippen molar-refractivity contribution in [2.45, 2.75) is 25.9 Å². The van der Waals surface area contributed by atoms with E-state index in [9.17, 15) is 0 Å². The van der Waals surface area contributed by atoms with Gasteiger partial charge in [-0.1, -0.05) is 13.3 Å². The SMILES string of the molecule is CCCC(O)[C](O)SC. The molecule has 0 aromatic rings. The molecule has 1 radical (unpaired) electrons. The Morgan fingerprint density at radius 1 is 1.67 bits per heavy atom. The minimum atomic E-state index is -0.634. The van der Waals surface area contributed by atoms with Gasteiger partial charge in [-0.15, -0.1) is 11.8 Å². The Hall–Kier alpha value is 0.270. The molecule has 1 atom stereocenters. The van der Waals surface area contributed by atoms with Gasteiger partial charge in [-0.3, -0.25) is 0 Å². The van der Waals surface area contributed by atoms with E-state index >= 15 is 0 Å². The molecular weight excluding hydrogens is 136 g/mol. The first-order valence-corrected chi connectivity index (χ1v) is 4.22. The molecule has 0 amide bonds. The van der Waals surface area contributed by atoms with Crippen LogP contribution in [0.2, 0.25) is 0 Å². The highest BCUT2D eigenvalue weighted by Gasteiger charge is 2.13. The maximum absolute atomic E-state index is 9.01. The third kappa shape index (κ3) is 3.78. The molecule has 0 aliphatic rings. The fourth-order valence-electron chi connectivity index (χ4n) is 0.533. The molecule has 0 aliphatic carbocycles. The van der Waals surface area contributed by atoms with E-state index in [4.69, 9.17) is 10.2 Å². The van der Waals surface area contributed by atoms with Crippen LogP contribution in [0, 0.1) is 5.44 Å². The fourth-order valence-corrected chi connectivity index (χ4v) is 0.923. The van der Waals surface area contributed by atoms with Crippen molar-refractivity contribution in [3.63, 3.8) is 0 Å². The van der Waals surface area contributed by atoms with Crippen LogP contribution in [0.1, 0.15) is 19.8 Å². The monoisotopic (exact) mass is 149 g/mol. The number of aliphatic hydroxyl groups excluding tert-OH is 2. The molecule has 2 N–H and O–H groups in total. The topological polar surface area (TPSA) is 40.5 Å². The zero-order valence-corrected chi connectivity index (χ0v) is 6.61. The Kier molecular flexibility index (Phi) is 5.24. The Morgan fingerprint density at radius 2 is 2.22 bits per heavy atom. The summed E-state index contributed by atoms with van der Waals surface area (Å²) >= 11 is 1.20. The lowest BCUT2D eigenvalue weighted by Crippen LogP contribution is -2.13. The van der Waals surface area contributed by atoms with Gasteiger partial charge >= 0.3 is 0 Å². The molecule has 0 heterocycles. The molecule has 55 valence electrons. The zero-order chi connectivity index (χ0) is 7.28. The van der Waals surface area contributed by atoms with Crippen LogP contribution in [0.4, 0.5) is 0 Å². The maximum Gasteiger partial charge on any atom is 0.176 e. The molecule has 0 aromatic carbocycles. The van der Waals surface area contributed by atoms with E-state index in [1.165, 1.54) is 11.8 Å². The van der Waals surface area contributed by atoms with Crippen LogP contribution < -0.4 is 0 Å². The highest BCUT2D eigenvalue weighted by molar-refractivity contribution is 8.01. The average Bonchev–Trinajstić information content (AvgIpc) is 1.87. The van der Waals surface area contributed by atoms with E-state index in [-0.39, 0.29) is 5.44 Å². The summed E-state index contributed by atoms with van der Waals surface area (Å²) < 4.78 is 0. The fraction of sp³-hybridized carbons (Fsp3) is 0.833. The van der Waals surface area contributed by atoms with Crippen molar-refractivity contribution in [2.24, 2.45) is 0 Å². The standard InChI is InChI=1S/C6H13O2S/c1-3-4-5(7)6(8)9-2/h5,7-8H,3-4H2,1-2H3. The lowest BCUT2D eigenvalue weighted by atomic mass is 10.2. The van der Waals surface area contributed by atoms with Crippen LogP contribution in [0.25, 0.3) is 0 Å². The van der Waals surface area contributed by atoms with Gasteiger partial charge in [0.25, 0.3) is 0 Å². The first-order valence-electron chi connectivity index (χ1n) is 3.00. The molecule has 0 saturated carbocycles. The Labute approximate surface area is 60.3 Å². The van der Waals surface area contributed by atoms with Crippen molar-refractivity contribution in [3.05, 3.63) is 5.44 Å². The average molecular weight is 149 g/mol. The largest absolute Gasteiger partial charge is 0.389 e. The molecule has 9 heavy (non-hydrogen) atoms. The van der Waals surface area contributed by atoms with Crippen LogP contribution in [0.5, 0.6) is 0 Å². The minimum Gasteiger partial charge on any atom is -0.389 e. The van der Waals surface area contributed by atoms with Gasteiger partial charge in [-0.2, -0.15) is 0 Å². The van der Waals surface area contributed by atoms with Crippen molar-refractivity contribution < 1.29 is 10.2 Å². The van der Waals surface area contributed by atoms with E-state index < -0.39 is 6.10 Å². The van der Waals surface area contributed by atoms with Gasteiger partial charge in [0, 0.05) is 0 Å². The Morgan fingerprint density at radius 3 is 2.56 bits per heavy atom. The maximum atomic E-state index is 9.01. The minimum absolute atomic E-state index is 0.122. The van der Waals surface area contributed by atoms with E-state index in [0.717, 1.165) is 6.42 Å². The summed E-state index contributed by atoms with van der Waals surface area (Å²) in [6, 6.07) is 0. The second-order valence-electron chi connectivity index (χ2n) is 1.85. The summed E-state index contributed by atoms with van der Waals surface area (Å²) in [6.45, 7) is 1.97. The van der Waals surface area contributed by atoms with Crippen molar-refractivity contribution >= 4 is 11.8 Å². The quantitative estimate of drug-likeness (QED) is 0.634. The molecule has 0 rings (SSSR count). The molecular formula is C6H13O2S. The zero-order valence-electron chi connectivity index (χ0n) is 5.79. The van der Waals surface area contributed by atoms with Crippen LogP contribution >= 0.6 is 11.8 Å². The third-order valence-electron chi connectivity index (χ3n) is 1.06. The van der Waals surface area contributed by atoms with Gasteiger partial charge in [0.1, 0.15) is 0 Å². The molecule has 0 spiro atoms. The first-order chi connectivity index (χ1) is 4.22. The smallest absolute Gasteiger partial charge is 0.176 e. The van der Waals surface area contributed by atoms with E-state index in [1.807, 2.05) is 6.92 Å². The number of hydrogen-bond acceptors (Lipinski definition) is 3. The van der Waals surface area contributed by atoms with E-state index in [2.05, 4.69) is 0 Å². The van der Waals surface area contributed by atoms with Gasteiger partial charge in [-0.05, 0) is 12.7 Å². The summed E-state index contributed by atoms with van der Waals surface area (Å²) in [5.74, 6) is 0. The molecule has 3 heteroatoms. The van der Waals surface area contributed by atoms with Gasteiger partial charge in [0.15, 0.2) is 5.44 Å². The summed E-state index contributed by atoms with van der Waals surface area (Å²) in [6.07, 6.45) is 2.65. The van der Waals surface area contributed by atoms with E-state index in [1.54, 1.807) is 6.26 Å². The molecule has 0 saturated heterocycles. The molecule has 0 bridgehead atoms. The molecule has 0 aromatic heterocycles. The highest BCUT2D eigenvalue weighted by Crippen LogP contribution is 2.18. The van der Waals surface area contributed by atoms with Crippen molar-refractivity contribution in [1.29, 1.82) is 0 Å². The van der Waals surface area contributed by atoms with Gasteiger partial charge in [-0.25, -0.2) is 0 Å². The molecule has 0 aliphatic heterocycles. The van der Waals surface area contributed by atoms with Crippen molar-refractivity contribution in [3.8, 4) is 0 Å². The van der Waals surface area contributed by atoms with E-state index in [0.29, 0.717) is 6.42 Å². The summed E-state index contributed by atoms with van der Waals surface area (Å²) in [4.78, 5) is 0. The van der Waals surface area contributed by atoms with Crippen molar-refractivity contribution in [2.75, 3.05) is 6.26 Å². The summed E-state index contributed by atoms with van der Waals surface area (Å²) in [5, 5.41) is 17.9. The van der Waals surface area contributed by atoms with Crippen LogP contribution in [0.3, 0.4) is 0 Å². The lowest BCUT2D eigenvalue weighted by molar-refractivity contribution is 0.124. The highest BCUT2D eigenvalue weighted by atomic mass is 32.2. The number of thioether (sulfide) groups is 1. The second-order valence-corrected chi connectivity index (χ2v) is 2.67. The van der Waals surface area contributed by atoms with Gasteiger partial charge < -0.3 is 10.2 Å². The Bertz CT molecular complexity index is 68.1. The normalized spacial score (nSPS) is 14.3. The number of hydrogen-bond donors (Lipinski definition) is 2. The van der Waals surface area contributed by atoms with Crippen LogP contribution in [-0.4, -0.2) is 22.6 Å². The van der Waals surface area contributed by atoms with Gasteiger partial charge in [0.2, 0.25) is 0 Å². The molecule has 2 nitrogen and oxygen atoms in total. The summed E-state index contributed by atoms with van der Waals surface area (Å²) in [7, 11) is 0. The van der Waals surface area contributed by atoms with Gasteiger partial charge in [0.05, 0.1) is 6.10 Å². The van der Waals surface area contributed by atoms with Crippen LogP contribution in [0.15, 0.2) is 0 Å². The van der Waals surface area contributed by atoms with Crippen molar-refractivity contribution in [1.82, 2.24) is 0 Å². The number of rotatable bonds is 4.